The van der Waals surface area contributed by atoms with E-state index in [1.807, 2.05) is 0 Å². The Hall–Kier alpha value is -2.70. The minimum absolute atomic E-state index is 0.0191. The molecule has 2 aromatic rings. The van der Waals surface area contributed by atoms with Crippen molar-refractivity contribution in [1.82, 2.24) is 15.2 Å². The Labute approximate surface area is 94.4 Å². The van der Waals surface area contributed by atoms with Crippen LogP contribution < -0.4 is 5.43 Å². The molecule has 0 spiro atoms. The highest BCUT2D eigenvalue weighted by Gasteiger charge is 2.09. The standard InChI is InChI=1S/C10H7N3O4/c14-7-3-4-11-5-6(7)10-13-12-8(17-10)1-2-9(15)16/h1-5H,(H,11,14)(H,15,16)/b2-1+. The molecule has 0 aliphatic rings. The lowest BCUT2D eigenvalue weighted by atomic mass is 10.3. The van der Waals surface area contributed by atoms with Crippen molar-refractivity contribution in [1.29, 1.82) is 0 Å². The van der Waals surface area contributed by atoms with Crippen molar-refractivity contribution in [3.8, 4) is 11.5 Å². The Morgan fingerprint density at radius 3 is 3.00 bits per heavy atom. The van der Waals surface area contributed by atoms with Crippen molar-refractivity contribution in [3.05, 3.63) is 40.7 Å². The Morgan fingerprint density at radius 1 is 1.47 bits per heavy atom. The molecule has 0 amide bonds. The second-order valence-corrected chi connectivity index (χ2v) is 3.04. The Morgan fingerprint density at radius 2 is 2.29 bits per heavy atom. The Bertz CT molecular complexity index is 626. The summed E-state index contributed by atoms with van der Waals surface area (Å²) in [6.07, 6.45) is 4.93. The molecule has 0 atom stereocenters. The van der Waals surface area contributed by atoms with E-state index in [1.165, 1.54) is 18.5 Å². The molecule has 0 bridgehead atoms. The summed E-state index contributed by atoms with van der Waals surface area (Å²) in [5.74, 6) is -1.06. The number of aliphatic carboxylic acids is 1. The molecular weight excluding hydrogens is 226 g/mol. The van der Waals surface area contributed by atoms with Crippen LogP contribution in [0.4, 0.5) is 0 Å². The van der Waals surface area contributed by atoms with Gasteiger partial charge in [-0.25, -0.2) is 4.79 Å². The highest BCUT2D eigenvalue weighted by Crippen LogP contribution is 2.12. The van der Waals surface area contributed by atoms with Crippen molar-refractivity contribution in [3.63, 3.8) is 0 Å². The van der Waals surface area contributed by atoms with Crippen LogP contribution in [0.3, 0.4) is 0 Å². The number of pyridine rings is 1. The second-order valence-electron chi connectivity index (χ2n) is 3.04. The van der Waals surface area contributed by atoms with Gasteiger partial charge in [0, 0.05) is 30.6 Å². The average molecular weight is 233 g/mol. The summed E-state index contributed by atoms with van der Waals surface area (Å²) in [5, 5.41) is 15.6. The molecule has 0 saturated heterocycles. The van der Waals surface area contributed by atoms with Crippen LogP contribution in [-0.2, 0) is 4.79 Å². The van der Waals surface area contributed by atoms with Gasteiger partial charge in [0.2, 0.25) is 5.89 Å². The fraction of sp³-hybridized carbons (Fsp3) is 0. The van der Waals surface area contributed by atoms with Gasteiger partial charge in [-0.05, 0) is 0 Å². The number of aromatic nitrogens is 3. The molecule has 7 heteroatoms. The summed E-state index contributed by atoms with van der Waals surface area (Å²) < 4.78 is 5.11. The Balaban J connectivity index is 2.34. The van der Waals surface area contributed by atoms with E-state index in [9.17, 15) is 9.59 Å². The van der Waals surface area contributed by atoms with E-state index in [-0.39, 0.29) is 22.8 Å². The van der Waals surface area contributed by atoms with Crippen LogP contribution in [0.2, 0.25) is 0 Å². The predicted molar refractivity (Wildman–Crippen MR) is 57.0 cm³/mol. The van der Waals surface area contributed by atoms with Gasteiger partial charge >= 0.3 is 5.97 Å². The number of H-pyrrole nitrogens is 1. The third kappa shape index (κ3) is 2.46. The van der Waals surface area contributed by atoms with E-state index in [0.29, 0.717) is 0 Å². The predicted octanol–water partition coefficient (Wildman–Crippen LogP) is 0.523. The average Bonchev–Trinajstić information content (AvgIpc) is 2.75. The van der Waals surface area contributed by atoms with Crippen LogP contribution in [0.1, 0.15) is 5.89 Å². The van der Waals surface area contributed by atoms with Crippen LogP contribution in [0.25, 0.3) is 17.5 Å². The lowest BCUT2D eigenvalue weighted by molar-refractivity contribution is -0.131. The maximum absolute atomic E-state index is 11.4. The minimum atomic E-state index is -1.12. The fourth-order valence-corrected chi connectivity index (χ4v) is 1.14. The van der Waals surface area contributed by atoms with Gasteiger partial charge in [-0.1, -0.05) is 0 Å². The van der Waals surface area contributed by atoms with E-state index in [4.69, 9.17) is 9.52 Å². The number of hydrogen-bond donors (Lipinski definition) is 2. The van der Waals surface area contributed by atoms with Gasteiger partial charge in [0.15, 0.2) is 5.43 Å². The number of aromatic amines is 1. The lowest BCUT2D eigenvalue weighted by Crippen LogP contribution is -2.02. The molecule has 2 aromatic heterocycles. The number of nitrogens with zero attached hydrogens (tertiary/aromatic N) is 2. The maximum atomic E-state index is 11.4. The SMILES string of the molecule is O=C(O)/C=C/c1nnc(-c2c[nH]ccc2=O)o1. The molecule has 86 valence electrons. The van der Waals surface area contributed by atoms with Crippen molar-refractivity contribution in [2.75, 3.05) is 0 Å². The number of hydrogen-bond acceptors (Lipinski definition) is 5. The van der Waals surface area contributed by atoms with Gasteiger partial charge in [0.1, 0.15) is 5.56 Å². The second kappa shape index (κ2) is 4.44. The van der Waals surface area contributed by atoms with E-state index < -0.39 is 5.97 Å². The van der Waals surface area contributed by atoms with Gasteiger partial charge in [-0.3, -0.25) is 4.79 Å². The number of carbonyl (C=O) groups is 1. The third-order valence-corrected chi connectivity index (χ3v) is 1.86. The minimum Gasteiger partial charge on any atom is -0.478 e. The zero-order chi connectivity index (χ0) is 12.3. The molecule has 0 aliphatic carbocycles. The first-order valence-corrected chi connectivity index (χ1v) is 4.59. The topological polar surface area (TPSA) is 109 Å². The van der Waals surface area contributed by atoms with Gasteiger partial charge in [0.25, 0.3) is 5.89 Å². The van der Waals surface area contributed by atoms with Crippen LogP contribution >= 0.6 is 0 Å². The number of nitrogens with one attached hydrogen (secondary N) is 1. The number of carboxylic acids is 1. The van der Waals surface area contributed by atoms with Crippen LogP contribution in [0.5, 0.6) is 0 Å². The highest BCUT2D eigenvalue weighted by atomic mass is 16.4. The van der Waals surface area contributed by atoms with Crippen molar-refractivity contribution >= 4 is 12.0 Å². The molecular formula is C10H7N3O4. The van der Waals surface area contributed by atoms with Crippen LogP contribution in [0.15, 0.2) is 33.7 Å². The van der Waals surface area contributed by atoms with Crippen molar-refractivity contribution in [2.24, 2.45) is 0 Å². The van der Waals surface area contributed by atoms with Crippen molar-refractivity contribution in [2.45, 2.75) is 0 Å². The smallest absolute Gasteiger partial charge is 0.328 e. The monoisotopic (exact) mass is 233 g/mol. The van der Waals surface area contributed by atoms with E-state index in [1.54, 1.807) is 0 Å². The van der Waals surface area contributed by atoms with Gasteiger partial charge in [0.05, 0.1) is 0 Å². The van der Waals surface area contributed by atoms with Gasteiger partial charge < -0.3 is 14.5 Å². The first kappa shape index (κ1) is 10.8. The van der Waals surface area contributed by atoms with Gasteiger partial charge in [-0.2, -0.15) is 0 Å². The Kier molecular flexibility index (Phi) is 2.82. The summed E-state index contributed by atoms with van der Waals surface area (Å²) in [5.41, 5.74) is -0.0314. The third-order valence-electron chi connectivity index (χ3n) is 1.86. The summed E-state index contributed by atoms with van der Waals surface area (Å²) in [7, 11) is 0. The molecule has 17 heavy (non-hydrogen) atoms. The number of rotatable bonds is 3. The largest absolute Gasteiger partial charge is 0.478 e. The summed E-state index contributed by atoms with van der Waals surface area (Å²) in [4.78, 5) is 24.4. The lowest BCUT2D eigenvalue weighted by Gasteiger charge is -1.90. The highest BCUT2D eigenvalue weighted by molar-refractivity contribution is 5.84. The van der Waals surface area contributed by atoms with E-state index in [0.717, 1.165) is 12.2 Å². The van der Waals surface area contributed by atoms with Crippen molar-refractivity contribution < 1.29 is 14.3 Å². The molecule has 0 aliphatic heterocycles. The van der Waals surface area contributed by atoms with E-state index >= 15 is 0 Å². The molecule has 0 fully saturated rings. The first-order valence-electron chi connectivity index (χ1n) is 4.59. The molecule has 2 N–H and O–H groups in total. The molecule has 7 nitrogen and oxygen atoms in total. The molecule has 0 unspecified atom stereocenters. The summed E-state index contributed by atoms with van der Waals surface area (Å²) >= 11 is 0. The summed E-state index contributed by atoms with van der Waals surface area (Å²) in [6, 6.07) is 1.33. The molecule has 0 radical (unpaired) electrons. The van der Waals surface area contributed by atoms with Gasteiger partial charge in [-0.15, -0.1) is 10.2 Å². The zero-order valence-corrected chi connectivity index (χ0v) is 8.45. The van der Waals surface area contributed by atoms with Crippen LogP contribution in [0, 0.1) is 0 Å². The van der Waals surface area contributed by atoms with E-state index in [2.05, 4.69) is 15.2 Å². The molecule has 2 rings (SSSR count). The summed E-state index contributed by atoms with van der Waals surface area (Å²) in [6.45, 7) is 0. The zero-order valence-electron chi connectivity index (χ0n) is 8.45. The maximum Gasteiger partial charge on any atom is 0.328 e. The molecule has 2 heterocycles. The quantitative estimate of drug-likeness (QED) is 0.748. The first-order chi connectivity index (χ1) is 8.16. The molecule has 0 aromatic carbocycles. The number of carboxylic acid groups (broad SMARTS) is 1. The fourth-order valence-electron chi connectivity index (χ4n) is 1.14. The molecule has 0 saturated carbocycles. The normalized spacial score (nSPS) is 10.8. The van der Waals surface area contributed by atoms with Crippen LogP contribution in [-0.4, -0.2) is 26.3 Å².